The van der Waals surface area contributed by atoms with Crippen molar-refractivity contribution in [3.63, 3.8) is 0 Å². The molecule has 6 heteroatoms. The Morgan fingerprint density at radius 1 is 1.50 bits per heavy atom. The normalized spacial score (nSPS) is 12.3. The summed E-state index contributed by atoms with van der Waals surface area (Å²) < 4.78 is 0. The molecule has 12 heavy (non-hydrogen) atoms. The lowest BCUT2D eigenvalue weighted by molar-refractivity contribution is -0.152. The van der Waals surface area contributed by atoms with Gasteiger partial charge in [-0.15, -0.1) is 5.48 Å². The molecule has 0 spiro atoms. The van der Waals surface area contributed by atoms with Crippen LogP contribution in [0, 0.1) is 5.92 Å². The van der Waals surface area contributed by atoms with Crippen LogP contribution in [0.15, 0.2) is 0 Å². The number of rotatable bonds is 2. The third kappa shape index (κ3) is 3.77. The quantitative estimate of drug-likeness (QED) is 0.501. The number of carbonyl (C=O) groups is 2. The number of hydrogen-bond donors (Lipinski definition) is 3. The topological polar surface area (TPSA) is 102 Å². The summed E-state index contributed by atoms with van der Waals surface area (Å²) in [4.78, 5) is 24.8. The first-order valence-electron chi connectivity index (χ1n) is 3.40. The fourth-order valence-electron chi connectivity index (χ4n) is 0.434. The van der Waals surface area contributed by atoms with Crippen molar-refractivity contribution in [1.82, 2.24) is 5.48 Å². The zero-order chi connectivity index (χ0) is 9.72. The Morgan fingerprint density at radius 2 is 2.00 bits per heavy atom. The third-order valence-electron chi connectivity index (χ3n) is 1.23. The first-order chi connectivity index (χ1) is 5.45. The van der Waals surface area contributed by atoms with Crippen LogP contribution in [0.3, 0.4) is 0 Å². The first kappa shape index (κ1) is 10.7. The van der Waals surface area contributed by atoms with E-state index in [1.807, 2.05) is 0 Å². The molecule has 0 heterocycles. The molecule has 1 atom stereocenters. The second-order valence-corrected chi connectivity index (χ2v) is 2.60. The molecular weight excluding hydrogens is 164 g/mol. The summed E-state index contributed by atoms with van der Waals surface area (Å²) in [5, 5.41) is 8.05. The molecule has 0 bridgehead atoms. The number of nitrogens with two attached hydrogens (primary N) is 1. The van der Waals surface area contributed by atoms with E-state index >= 15 is 0 Å². The van der Waals surface area contributed by atoms with Crippen LogP contribution >= 0.6 is 0 Å². The average Bonchev–Trinajstić information content (AvgIpc) is 1.98. The van der Waals surface area contributed by atoms with Crippen molar-refractivity contribution in [2.75, 3.05) is 0 Å². The Morgan fingerprint density at radius 3 is 2.33 bits per heavy atom. The SMILES string of the molecule is CC(C)C(N)C(=O)ONC(=O)O. The molecule has 6 nitrogen and oxygen atoms in total. The van der Waals surface area contributed by atoms with Gasteiger partial charge in [0.1, 0.15) is 6.04 Å². The molecule has 0 rings (SSSR count). The smallest absolute Gasteiger partial charge is 0.438 e. The van der Waals surface area contributed by atoms with Crippen LogP contribution in [0.25, 0.3) is 0 Å². The van der Waals surface area contributed by atoms with E-state index in [-0.39, 0.29) is 5.92 Å². The van der Waals surface area contributed by atoms with Crippen molar-refractivity contribution >= 4 is 12.1 Å². The molecule has 0 radical (unpaired) electrons. The maximum absolute atomic E-state index is 10.8. The zero-order valence-electron chi connectivity index (χ0n) is 6.90. The summed E-state index contributed by atoms with van der Waals surface area (Å²) in [6.07, 6.45) is -1.43. The van der Waals surface area contributed by atoms with Gasteiger partial charge in [0.25, 0.3) is 0 Å². The van der Waals surface area contributed by atoms with Gasteiger partial charge in [0.2, 0.25) is 0 Å². The van der Waals surface area contributed by atoms with Gasteiger partial charge in [0, 0.05) is 0 Å². The summed E-state index contributed by atoms with van der Waals surface area (Å²) >= 11 is 0. The highest BCUT2D eigenvalue weighted by Gasteiger charge is 2.19. The van der Waals surface area contributed by atoms with Crippen molar-refractivity contribution in [2.24, 2.45) is 11.7 Å². The molecule has 0 aliphatic carbocycles. The second-order valence-electron chi connectivity index (χ2n) is 2.60. The lowest BCUT2D eigenvalue weighted by atomic mass is 10.1. The van der Waals surface area contributed by atoms with E-state index in [2.05, 4.69) is 4.84 Å². The molecule has 1 amide bonds. The summed E-state index contributed by atoms with van der Waals surface area (Å²) in [5.74, 6) is -0.875. The number of carbonyl (C=O) groups excluding carboxylic acids is 1. The number of nitrogens with one attached hydrogen (secondary N) is 1. The Kier molecular flexibility index (Phi) is 4.06. The van der Waals surface area contributed by atoms with Gasteiger partial charge in [-0.05, 0) is 5.92 Å². The van der Waals surface area contributed by atoms with Crippen LogP contribution < -0.4 is 11.2 Å². The number of carboxylic acid groups (broad SMARTS) is 1. The monoisotopic (exact) mass is 176 g/mol. The van der Waals surface area contributed by atoms with Gasteiger partial charge < -0.3 is 15.7 Å². The molecule has 4 N–H and O–H groups in total. The minimum absolute atomic E-state index is 0.0897. The summed E-state index contributed by atoms with van der Waals surface area (Å²) in [7, 11) is 0. The molecule has 70 valence electrons. The van der Waals surface area contributed by atoms with E-state index in [1.54, 1.807) is 13.8 Å². The van der Waals surface area contributed by atoms with E-state index in [0.29, 0.717) is 0 Å². The lowest BCUT2D eigenvalue weighted by Crippen LogP contribution is -2.40. The molecule has 0 aliphatic heterocycles. The van der Waals surface area contributed by atoms with Gasteiger partial charge in [-0.25, -0.2) is 9.59 Å². The summed E-state index contributed by atoms with van der Waals surface area (Å²) in [5.41, 5.74) is 6.81. The Balaban J connectivity index is 3.80. The minimum atomic E-state index is -1.43. The second kappa shape index (κ2) is 4.55. The fraction of sp³-hybridized carbons (Fsp3) is 0.667. The number of amides is 1. The molecule has 0 aromatic heterocycles. The van der Waals surface area contributed by atoms with Crippen LogP contribution in [-0.2, 0) is 9.63 Å². The molecular formula is C6H12N2O4. The lowest BCUT2D eigenvalue weighted by Gasteiger charge is -2.12. The summed E-state index contributed by atoms with van der Waals surface area (Å²) in [6, 6.07) is -0.808. The van der Waals surface area contributed by atoms with E-state index in [4.69, 9.17) is 10.8 Å². The van der Waals surface area contributed by atoms with Gasteiger partial charge in [0.05, 0.1) is 0 Å². The maximum atomic E-state index is 10.8. The highest BCUT2D eigenvalue weighted by molar-refractivity contribution is 5.77. The Labute approximate surface area is 69.6 Å². The van der Waals surface area contributed by atoms with Crippen molar-refractivity contribution in [3.8, 4) is 0 Å². The van der Waals surface area contributed by atoms with Gasteiger partial charge in [-0.3, -0.25) is 0 Å². The molecule has 0 saturated carbocycles. The van der Waals surface area contributed by atoms with Crippen LogP contribution in [0.4, 0.5) is 4.79 Å². The number of hydroxylamine groups is 1. The fourth-order valence-corrected chi connectivity index (χ4v) is 0.434. The van der Waals surface area contributed by atoms with Gasteiger partial charge in [-0.2, -0.15) is 0 Å². The van der Waals surface area contributed by atoms with Crippen LogP contribution in [0.5, 0.6) is 0 Å². The molecule has 0 saturated heterocycles. The van der Waals surface area contributed by atoms with Gasteiger partial charge in [0.15, 0.2) is 0 Å². The van der Waals surface area contributed by atoms with E-state index in [9.17, 15) is 9.59 Å². The first-order valence-corrected chi connectivity index (χ1v) is 3.40. The molecule has 0 aliphatic rings. The maximum Gasteiger partial charge on any atom is 0.438 e. The molecule has 0 fully saturated rings. The van der Waals surface area contributed by atoms with Crippen LogP contribution in [0.1, 0.15) is 13.8 Å². The molecule has 0 aromatic rings. The van der Waals surface area contributed by atoms with Gasteiger partial charge in [-0.1, -0.05) is 13.8 Å². The predicted octanol–water partition coefficient (Wildman–Crippen LogP) is -0.304. The third-order valence-corrected chi connectivity index (χ3v) is 1.23. The molecule has 0 aromatic carbocycles. The van der Waals surface area contributed by atoms with Crippen LogP contribution in [0.2, 0.25) is 0 Å². The highest BCUT2D eigenvalue weighted by Crippen LogP contribution is 1.98. The Bertz CT molecular complexity index is 180. The highest BCUT2D eigenvalue weighted by atomic mass is 16.7. The average molecular weight is 176 g/mol. The summed E-state index contributed by atoms with van der Waals surface area (Å²) in [6.45, 7) is 3.46. The molecule has 1 unspecified atom stereocenters. The van der Waals surface area contributed by atoms with Crippen LogP contribution in [-0.4, -0.2) is 23.2 Å². The van der Waals surface area contributed by atoms with Crippen molar-refractivity contribution in [2.45, 2.75) is 19.9 Å². The van der Waals surface area contributed by atoms with E-state index < -0.39 is 18.1 Å². The van der Waals surface area contributed by atoms with E-state index in [0.717, 1.165) is 0 Å². The predicted molar refractivity (Wildman–Crippen MR) is 40.1 cm³/mol. The van der Waals surface area contributed by atoms with E-state index in [1.165, 1.54) is 5.48 Å². The van der Waals surface area contributed by atoms with Crippen molar-refractivity contribution in [1.29, 1.82) is 0 Å². The van der Waals surface area contributed by atoms with Crippen molar-refractivity contribution in [3.05, 3.63) is 0 Å². The largest absolute Gasteiger partial charge is 0.463 e. The van der Waals surface area contributed by atoms with Crippen molar-refractivity contribution < 1.29 is 19.5 Å². The van der Waals surface area contributed by atoms with Gasteiger partial charge >= 0.3 is 12.1 Å². The Hall–Kier alpha value is -1.30. The number of hydrogen-bond acceptors (Lipinski definition) is 4. The standard InChI is InChI=1S/C6H12N2O4/c1-3(2)4(7)5(9)12-8-6(10)11/h3-4,8H,7H2,1-2H3,(H,10,11). The zero-order valence-corrected chi connectivity index (χ0v) is 6.90. The minimum Gasteiger partial charge on any atom is -0.463 e.